The van der Waals surface area contributed by atoms with Gasteiger partial charge in [0.1, 0.15) is 6.34 Å². The predicted octanol–water partition coefficient (Wildman–Crippen LogP) is 1.84. The molecule has 0 amide bonds. The highest BCUT2D eigenvalue weighted by Crippen LogP contribution is 2.27. The zero-order chi connectivity index (χ0) is 13.9. The molecule has 0 spiro atoms. The Morgan fingerprint density at radius 1 is 1.20 bits per heavy atom. The van der Waals surface area contributed by atoms with Crippen LogP contribution in [-0.2, 0) is 0 Å². The van der Waals surface area contributed by atoms with Gasteiger partial charge in [0, 0.05) is 7.05 Å². The van der Waals surface area contributed by atoms with Crippen molar-refractivity contribution in [3.63, 3.8) is 0 Å². The van der Waals surface area contributed by atoms with Crippen LogP contribution < -0.4 is 11.3 Å². The van der Waals surface area contributed by atoms with Gasteiger partial charge in [-0.2, -0.15) is 5.10 Å². The van der Waals surface area contributed by atoms with Crippen LogP contribution in [0, 0.1) is 0 Å². The van der Waals surface area contributed by atoms with Gasteiger partial charge in [-0.1, -0.05) is 36.4 Å². The van der Waals surface area contributed by atoms with E-state index in [9.17, 15) is 0 Å². The third-order valence-electron chi connectivity index (χ3n) is 3.62. The van der Waals surface area contributed by atoms with E-state index in [1.54, 1.807) is 6.34 Å². The molecule has 5 heteroatoms. The van der Waals surface area contributed by atoms with Crippen molar-refractivity contribution in [2.45, 2.75) is 12.5 Å². The third-order valence-corrected chi connectivity index (χ3v) is 3.62. The Balaban J connectivity index is 1.96. The number of rotatable bonds is 4. The summed E-state index contributed by atoms with van der Waals surface area (Å²) in [6, 6.07) is 15.1. The molecule has 3 N–H and O–H groups in total. The Labute approximate surface area is 118 Å². The first-order chi connectivity index (χ1) is 9.79. The lowest BCUT2D eigenvalue weighted by Gasteiger charge is -2.31. The van der Waals surface area contributed by atoms with E-state index in [1.807, 2.05) is 17.2 Å². The summed E-state index contributed by atoms with van der Waals surface area (Å²) in [6.07, 6.45) is 2.61. The number of hydrazine groups is 2. The summed E-state index contributed by atoms with van der Waals surface area (Å²) < 4.78 is 0. The van der Waals surface area contributed by atoms with Gasteiger partial charge < -0.3 is 5.73 Å². The largest absolute Gasteiger partial charge is 0.330 e. The Morgan fingerprint density at radius 3 is 2.70 bits per heavy atom. The second kappa shape index (κ2) is 5.48. The van der Waals surface area contributed by atoms with E-state index < -0.39 is 0 Å². The van der Waals surface area contributed by atoms with Crippen LogP contribution in [0.5, 0.6) is 0 Å². The smallest absolute Gasteiger partial charge is 0.128 e. The molecule has 0 aliphatic carbocycles. The molecule has 2 aromatic carbocycles. The summed E-state index contributed by atoms with van der Waals surface area (Å²) >= 11 is 0. The molecular formula is C15H19N5. The van der Waals surface area contributed by atoms with Crippen LogP contribution in [0.15, 0.2) is 47.6 Å². The number of hydrogen-bond donors (Lipinski definition) is 2. The standard InChI is InChI=1S/C15H19N5/c1-19-11-17-18-20(19)15(8-9-16)14-7-6-12-4-2-3-5-13(12)10-14/h2-7,10-11,15,18H,8-9,16H2,1H3/t15-/m0/s1. The zero-order valence-corrected chi connectivity index (χ0v) is 11.5. The van der Waals surface area contributed by atoms with Gasteiger partial charge in [0.05, 0.1) is 6.04 Å². The Hall–Kier alpha value is -2.11. The number of fused-ring (bicyclic) bond motifs is 1. The Kier molecular flexibility index (Phi) is 3.54. The molecule has 0 aromatic heterocycles. The maximum Gasteiger partial charge on any atom is 0.128 e. The summed E-state index contributed by atoms with van der Waals surface area (Å²) in [6.45, 7) is 0.628. The summed E-state index contributed by atoms with van der Waals surface area (Å²) in [4.78, 5) is 0. The monoisotopic (exact) mass is 269 g/mol. The van der Waals surface area contributed by atoms with Crippen LogP contribution in [0.4, 0.5) is 0 Å². The highest BCUT2D eigenvalue weighted by molar-refractivity contribution is 5.83. The van der Waals surface area contributed by atoms with Crippen LogP contribution >= 0.6 is 0 Å². The second-order valence-electron chi connectivity index (χ2n) is 4.96. The number of benzene rings is 2. The molecule has 20 heavy (non-hydrogen) atoms. The van der Waals surface area contributed by atoms with Crippen molar-refractivity contribution in [3.8, 4) is 0 Å². The second-order valence-corrected chi connectivity index (χ2v) is 4.96. The lowest BCUT2D eigenvalue weighted by atomic mass is 10.00. The van der Waals surface area contributed by atoms with Gasteiger partial charge in [-0.15, -0.1) is 5.12 Å². The van der Waals surface area contributed by atoms with E-state index >= 15 is 0 Å². The van der Waals surface area contributed by atoms with Crippen LogP contribution in [0.1, 0.15) is 18.0 Å². The summed E-state index contributed by atoms with van der Waals surface area (Å²) in [7, 11) is 1.97. The molecule has 2 aromatic rings. The van der Waals surface area contributed by atoms with E-state index in [-0.39, 0.29) is 6.04 Å². The van der Waals surface area contributed by atoms with Crippen molar-refractivity contribution in [3.05, 3.63) is 48.0 Å². The van der Waals surface area contributed by atoms with Crippen molar-refractivity contribution in [2.75, 3.05) is 13.6 Å². The van der Waals surface area contributed by atoms with Crippen molar-refractivity contribution in [2.24, 2.45) is 10.8 Å². The minimum atomic E-state index is 0.164. The lowest BCUT2D eigenvalue weighted by Crippen LogP contribution is -2.43. The average molecular weight is 269 g/mol. The molecule has 0 saturated carbocycles. The van der Waals surface area contributed by atoms with E-state index in [0.29, 0.717) is 6.54 Å². The third kappa shape index (κ3) is 2.33. The van der Waals surface area contributed by atoms with Gasteiger partial charge >= 0.3 is 0 Å². The molecule has 0 unspecified atom stereocenters. The molecule has 1 aliphatic rings. The topological polar surface area (TPSA) is 56.9 Å². The first kappa shape index (κ1) is 12.9. The zero-order valence-electron chi connectivity index (χ0n) is 11.5. The molecule has 1 heterocycles. The fourth-order valence-electron chi connectivity index (χ4n) is 2.59. The van der Waals surface area contributed by atoms with Gasteiger partial charge in [-0.3, -0.25) is 5.01 Å². The first-order valence-corrected chi connectivity index (χ1v) is 6.79. The highest BCUT2D eigenvalue weighted by Gasteiger charge is 2.25. The molecular weight excluding hydrogens is 250 g/mol. The molecule has 1 aliphatic heterocycles. The fourth-order valence-corrected chi connectivity index (χ4v) is 2.59. The number of hydrazone groups is 1. The van der Waals surface area contributed by atoms with Crippen molar-refractivity contribution >= 4 is 17.1 Å². The van der Waals surface area contributed by atoms with Gasteiger partial charge in [0.15, 0.2) is 0 Å². The van der Waals surface area contributed by atoms with Gasteiger partial charge in [-0.05, 0) is 35.4 Å². The van der Waals surface area contributed by atoms with E-state index in [1.165, 1.54) is 16.3 Å². The minimum Gasteiger partial charge on any atom is -0.330 e. The SMILES string of the molecule is CN1C=NNN1[C@@H](CCN)c1ccc2ccccc2c1. The van der Waals surface area contributed by atoms with Crippen molar-refractivity contribution in [1.29, 1.82) is 0 Å². The molecule has 0 fully saturated rings. The van der Waals surface area contributed by atoms with Gasteiger partial charge in [0.25, 0.3) is 0 Å². The van der Waals surface area contributed by atoms with Crippen LogP contribution in [-0.4, -0.2) is 30.1 Å². The number of nitrogens with zero attached hydrogens (tertiary/aromatic N) is 3. The normalized spacial score (nSPS) is 16.6. The lowest BCUT2D eigenvalue weighted by molar-refractivity contribution is -0.0129. The van der Waals surface area contributed by atoms with E-state index in [4.69, 9.17) is 5.73 Å². The average Bonchev–Trinajstić information content (AvgIpc) is 2.90. The van der Waals surface area contributed by atoms with Crippen LogP contribution in [0.2, 0.25) is 0 Å². The number of nitrogens with two attached hydrogens (primary N) is 1. The number of hydrogen-bond acceptors (Lipinski definition) is 5. The molecule has 5 nitrogen and oxygen atoms in total. The first-order valence-electron chi connectivity index (χ1n) is 6.79. The van der Waals surface area contributed by atoms with Crippen LogP contribution in [0.3, 0.4) is 0 Å². The quantitative estimate of drug-likeness (QED) is 0.889. The van der Waals surface area contributed by atoms with E-state index in [2.05, 4.69) is 53.1 Å². The summed E-state index contributed by atoms with van der Waals surface area (Å²) in [5.41, 5.74) is 10.0. The van der Waals surface area contributed by atoms with Gasteiger partial charge in [0.2, 0.25) is 0 Å². The Bertz CT molecular complexity index is 624. The maximum absolute atomic E-state index is 5.78. The fraction of sp³-hybridized carbons (Fsp3) is 0.267. The summed E-state index contributed by atoms with van der Waals surface area (Å²) in [5, 5.41) is 10.5. The number of nitrogens with one attached hydrogen (secondary N) is 1. The molecule has 0 bridgehead atoms. The van der Waals surface area contributed by atoms with Gasteiger partial charge in [-0.25, -0.2) is 5.53 Å². The van der Waals surface area contributed by atoms with E-state index in [0.717, 1.165) is 6.42 Å². The molecule has 104 valence electrons. The molecule has 1 atom stereocenters. The molecule has 0 saturated heterocycles. The molecule has 0 radical (unpaired) electrons. The maximum atomic E-state index is 5.78. The molecule has 3 rings (SSSR count). The summed E-state index contributed by atoms with van der Waals surface area (Å²) in [5.74, 6) is 0. The highest BCUT2D eigenvalue weighted by atomic mass is 15.9. The van der Waals surface area contributed by atoms with Crippen molar-refractivity contribution < 1.29 is 0 Å². The minimum absolute atomic E-state index is 0.164. The Morgan fingerprint density at radius 2 is 2.00 bits per heavy atom. The predicted molar refractivity (Wildman–Crippen MR) is 81.6 cm³/mol. The van der Waals surface area contributed by atoms with Crippen LogP contribution in [0.25, 0.3) is 10.8 Å². The van der Waals surface area contributed by atoms with Crippen molar-refractivity contribution in [1.82, 2.24) is 15.7 Å².